The predicted octanol–water partition coefficient (Wildman–Crippen LogP) is 2.61. The molecule has 1 heterocycles. The third-order valence-corrected chi connectivity index (χ3v) is 2.60. The van der Waals surface area contributed by atoms with E-state index in [0.29, 0.717) is 18.3 Å². The lowest BCUT2D eigenvalue weighted by Gasteiger charge is -2.09. The Hall–Kier alpha value is -1.84. The van der Waals surface area contributed by atoms with Gasteiger partial charge in [0.15, 0.2) is 0 Å². The molecule has 1 N–H and O–H groups in total. The van der Waals surface area contributed by atoms with E-state index >= 15 is 0 Å². The number of aryl methyl sites for hydroxylation is 2. The van der Waals surface area contributed by atoms with Crippen molar-refractivity contribution in [1.29, 1.82) is 0 Å². The van der Waals surface area contributed by atoms with E-state index in [1.165, 1.54) is 11.1 Å². The number of hydrogen-bond acceptors (Lipinski definition) is 4. The van der Waals surface area contributed by atoms with Gasteiger partial charge in [0, 0.05) is 12.6 Å². The summed E-state index contributed by atoms with van der Waals surface area (Å²) in [5, 5.41) is 11.0. The van der Waals surface area contributed by atoms with E-state index in [0.717, 1.165) is 5.69 Å². The molecule has 1 aromatic carbocycles. The Balaban J connectivity index is 2.07. The van der Waals surface area contributed by atoms with Crippen LogP contribution in [0.4, 0.5) is 5.69 Å². The molecule has 0 radical (unpaired) electrons. The Morgan fingerprint density at radius 2 is 2.00 bits per heavy atom. The molecular weight excluding hydrogens is 202 g/mol. The molecule has 0 spiro atoms. The summed E-state index contributed by atoms with van der Waals surface area (Å²) >= 11 is 0. The monoisotopic (exact) mass is 217 g/mol. The second-order valence-corrected chi connectivity index (χ2v) is 3.82. The van der Waals surface area contributed by atoms with Crippen molar-refractivity contribution in [3.63, 3.8) is 0 Å². The molecular formula is C12H15N3O. The summed E-state index contributed by atoms with van der Waals surface area (Å²) < 4.78 is 5.29. The summed E-state index contributed by atoms with van der Waals surface area (Å²) in [5.41, 5.74) is 3.63. The molecule has 0 saturated heterocycles. The highest BCUT2D eigenvalue weighted by Crippen LogP contribution is 2.18. The van der Waals surface area contributed by atoms with Crippen LogP contribution in [0.3, 0.4) is 0 Å². The smallest absolute Gasteiger partial charge is 0.235 e. The highest BCUT2D eigenvalue weighted by Gasteiger charge is 2.04. The van der Waals surface area contributed by atoms with Crippen molar-refractivity contribution < 1.29 is 4.42 Å². The van der Waals surface area contributed by atoms with Crippen molar-refractivity contribution in [2.45, 2.75) is 27.3 Å². The van der Waals surface area contributed by atoms with Gasteiger partial charge >= 0.3 is 0 Å². The highest BCUT2D eigenvalue weighted by molar-refractivity contribution is 5.53. The molecule has 0 aliphatic rings. The van der Waals surface area contributed by atoms with Crippen molar-refractivity contribution >= 4 is 5.69 Å². The Morgan fingerprint density at radius 1 is 1.19 bits per heavy atom. The number of benzene rings is 1. The summed E-state index contributed by atoms with van der Waals surface area (Å²) in [6.45, 7) is 6.54. The summed E-state index contributed by atoms with van der Waals surface area (Å²) in [5.74, 6) is 1.20. The SMILES string of the molecule is Cc1nnc(CNc2cccc(C)c2C)o1. The molecule has 2 rings (SSSR count). The maximum absolute atomic E-state index is 5.29. The van der Waals surface area contributed by atoms with Crippen LogP contribution in [0.15, 0.2) is 22.6 Å². The van der Waals surface area contributed by atoms with Crippen molar-refractivity contribution in [2.75, 3.05) is 5.32 Å². The largest absolute Gasteiger partial charge is 0.424 e. The first kappa shape index (κ1) is 10.7. The summed E-state index contributed by atoms with van der Waals surface area (Å²) in [7, 11) is 0. The van der Waals surface area contributed by atoms with Gasteiger partial charge in [0.05, 0.1) is 6.54 Å². The average Bonchev–Trinajstić information content (AvgIpc) is 2.67. The van der Waals surface area contributed by atoms with E-state index in [4.69, 9.17) is 4.42 Å². The van der Waals surface area contributed by atoms with Crippen LogP contribution in [0.5, 0.6) is 0 Å². The maximum Gasteiger partial charge on any atom is 0.235 e. The zero-order valence-corrected chi connectivity index (χ0v) is 9.74. The molecule has 0 aliphatic carbocycles. The van der Waals surface area contributed by atoms with Gasteiger partial charge in [-0.25, -0.2) is 0 Å². The minimum Gasteiger partial charge on any atom is -0.424 e. The van der Waals surface area contributed by atoms with Gasteiger partial charge in [0.25, 0.3) is 0 Å². The van der Waals surface area contributed by atoms with Gasteiger partial charge in [-0.2, -0.15) is 0 Å². The molecule has 1 aromatic heterocycles. The zero-order valence-electron chi connectivity index (χ0n) is 9.74. The van der Waals surface area contributed by atoms with Gasteiger partial charge in [0.2, 0.25) is 11.8 Å². The fourth-order valence-electron chi connectivity index (χ4n) is 1.52. The summed E-state index contributed by atoms with van der Waals surface area (Å²) in [6.07, 6.45) is 0. The van der Waals surface area contributed by atoms with Crippen LogP contribution in [-0.4, -0.2) is 10.2 Å². The molecule has 0 atom stereocenters. The minimum absolute atomic E-state index is 0.561. The third kappa shape index (κ3) is 2.21. The lowest BCUT2D eigenvalue weighted by molar-refractivity contribution is 0.475. The standard InChI is InChI=1S/C12H15N3O/c1-8-5-4-6-11(9(8)2)13-7-12-15-14-10(3)16-12/h4-6,13H,7H2,1-3H3. The van der Waals surface area contributed by atoms with E-state index in [-0.39, 0.29) is 0 Å². The molecule has 0 saturated carbocycles. The van der Waals surface area contributed by atoms with E-state index in [1.54, 1.807) is 6.92 Å². The Morgan fingerprint density at radius 3 is 2.69 bits per heavy atom. The third-order valence-electron chi connectivity index (χ3n) is 2.60. The molecule has 0 fully saturated rings. The number of nitrogens with one attached hydrogen (secondary N) is 1. The summed E-state index contributed by atoms with van der Waals surface area (Å²) in [4.78, 5) is 0. The minimum atomic E-state index is 0.561. The Kier molecular flexibility index (Phi) is 2.90. The first-order valence-corrected chi connectivity index (χ1v) is 5.26. The van der Waals surface area contributed by atoms with Crippen molar-refractivity contribution in [3.8, 4) is 0 Å². The van der Waals surface area contributed by atoms with E-state index in [1.807, 2.05) is 12.1 Å². The molecule has 0 aliphatic heterocycles. The topological polar surface area (TPSA) is 51.0 Å². The van der Waals surface area contributed by atoms with Crippen LogP contribution in [0, 0.1) is 20.8 Å². The Labute approximate surface area is 94.7 Å². The van der Waals surface area contributed by atoms with Crippen LogP contribution in [0.25, 0.3) is 0 Å². The molecule has 2 aromatic rings. The van der Waals surface area contributed by atoms with Gasteiger partial charge < -0.3 is 9.73 Å². The average molecular weight is 217 g/mol. The number of aromatic nitrogens is 2. The Bertz CT molecular complexity index is 491. The molecule has 0 unspecified atom stereocenters. The van der Waals surface area contributed by atoms with Crippen LogP contribution < -0.4 is 5.32 Å². The maximum atomic E-state index is 5.29. The first-order valence-electron chi connectivity index (χ1n) is 5.26. The van der Waals surface area contributed by atoms with Crippen LogP contribution in [0.1, 0.15) is 22.9 Å². The van der Waals surface area contributed by atoms with Gasteiger partial charge in [-0.15, -0.1) is 10.2 Å². The van der Waals surface area contributed by atoms with Gasteiger partial charge in [-0.05, 0) is 31.0 Å². The van der Waals surface area contributed by atoms with E-state index < -0.39 is 0 Å². The van der Waals surface area contributed by atoms with E-state index in [9.17, 15) is 0 Å². The van der Waals surface area contributed by atoms with E-state index in [2.05, 4.69) is 35.4 Å². The molecule has 4 heteroatoms. The fraction of sp³-hybridized carbons (Fsp3) is 0.333. The van der Waals surface area contributed by atoms with Crippen LogP contribution >= 0.6 is 0 Å². The first-order chi connectivity index (χ1) is 7.66. The molecule has 0 amide bonds. The van der Waals surface area contributed by atoms with Crippen molar-refractivity contribution in [3.05, 3.63) is 41.1 Å². The van der Waals surface area contributed by atoms with Gasteiger partial charge in [-0.1, -0.05) is 12.1 Å². The molecule has 84 valence electrons. The quantitative estimate of drug-likeness (QED) is 0.858. The molecule has 0 bridgehead atoms. The van der Waals surface area contributed by atoms with Crippen molar-refractivity contribution in [2.24, 2.45) is 0 Å². The van der Waals surface area contributed by atoms with Crippen LogP contribution in [0.2, 0.25) is 0 Å². The number of hydrogen-bond donors (Lipinski definition) is 1. The van der Waals surface area contributed by atoms with Crippen molar-refractivity contribution in [1.82, 2.24) is 10.2 Å². The lowest BCUT2D eigenvalue weighted by Crippen LogP contribution is -2.02. The fourth-order valence-corrected chi connectivity index (χ4v) is 1.52. The van der Waals surface area contributed by atoms with Gasteiger partial charge in [-0.3, -0.25) is 0 Å². The highest BCUT2D eigenvalue weighted by atomic mass is 16.4. The predicted molar refractivity (Wildman–Crippen MR) is 62.3 cm³/mol. The lowest BCUT2D eigenvalue weighted by atomic mass is 10.1. The number of rotatable bonds is 3. The molecule has 4 nitrogen and oxygen atoms in total. The molecule has 16 heavy (non-hydrogen) atoms. The number of nitrogens with zero attached hydrogens (tertiary/aromatic N) is 2. The zero-order chi connectivity index (χ0) is 11.5. The van der Waals surface area contributed by atoms with Gasteiger partial charge in [0.1, 0.15) is 0 Å². The second kappa shape index (κ2) is 4.35. The summed E-state index contributed by atoms with van der Waals surface area (Å²) in [6, 6.07) is 6.17. The van der Waals surface area contributed by atoms with Crippen LogP contribution in [-0.2, 0) is 6.54 Å². The second-order valence-electron chi connectivity index (χ2n) is 3.82. The number of anilines is 1. The normalized spacial score (nSPS) is 10.4.